The van der Waals surface area contributed by atoms with Crippen LogP contribution in [-0.4, -0.2) is 6.54 Å². The average Bonchev–Trinajstić information content (AvgIpc) is 2.42. The van der Waals surface area contributed by atoms with Crippen LogP contribution in [0.15, 0.2) is 42.5 Å². The van der Waals surface area contributed by atoms with Crippen molar-refractivity contribution in [3.05, 3.63) is 59.4 Å². The lowest BCUT2D eigenvalue weighted by Gasteiger charge is -2.18. The first-order valence-corrected chi connectivity index (χ1v) is 6.72. The summed E-state index contributed by atoms with van der Waals surface area (Å²) in [5.74, 6) is -0.165. The highest BCUT2D eigenvalue weighted by Gasteiger charge is 2.13. The predicted octanol–water partition coefficient (Wildman–Crippen LogP) is 4.47. The number of benzene rings is 2. The van der Waals surface area contributed by atoms with E-state index in [0.29, 0.717) is 5.56 Å². The molecule has 0 bridgehead atoms. The van der Waals surface area contributed by atoms with Crippen LogP contribution in [0.1, 0.15) is 31.0 Å². The molecule has 2 heteroatoms. The zero-order valence-electron chi connectivity index (χ0n) is 11.7. The molecule has 1 N–H and O–H groups in total. The van der Waals surface area contributed by atoms with E-state index >= 15 is 0 Å². The maximum atomic E-state index is 14.1. The van der Waals surface area contributed by atoms with Crippen molar-refractivity contribution in [2.75, 3.05) is 6.54 Å². The Morgan fingerprint density at radius 2 is 1.84 bits per heavy atom. The van der Waals surface area contributed by atoms with E-state index in [9.17, 15) is 4.39 Å². The van der Waals surface area contributed by atoms with E-state index in [0.717, 1.165) is 23.2 Å². The Morgan fingerprint density at radius 1 is 1.11 bits per heavy atom. The second-order valence-electron chi connectivity index (χ2n) is 4.85. The van der Waals surface area contributed by atoms with Crippen molar-refractivity contribution in [3.8, 4) is 11.1 Å². The molecule has 0 saturated heterocycles. The van der Waals surface area contributed by atoms with Crippen LogP contribution in [0.25, 0.3) is 11.1 Å². The molecule has 0 spiro atoms. The van der Waals surface area contributed by atoms with Crippen molar-refractivity contribution in [2.45, 2.75) is 26.8 Å². The number of hydrogen-bond donors (Lipinski definition) is 1. The summed E-state index contributed by atoms with van der Waals surface area (Å²) < 4.78 is 14.1. The van der Waals surface area contributed by atoms with Gasteiger partial charge in [-0.25, -0.2) is 4.39 Å². The minimum absolute atomic E-state index is 0.165. The van der Waals surface area contributed by atoms with Crippen molar-refractivity contribution in [1.29, 1.82) is 0 Å². The van der Waals surface area contributed by atoms with Crippen LogP contribution in [0.4, 0.5) is 4.39 Å². The Balaban J connectivity index is 2.53. The first-order valence-electron chi connectivity index (χ1n) is 6.72. The van der Waals surface area contributed by atoms with Crippen molar-refractivity contribution < 1.29 is 4.39 Å². The summed E-state index contributed by atoms with van der Waals surface area (Å²) in [5, 5.41) is 3.38. The molecule has 0 heterocycles. The molecule has 0 aliphatic rings. The highest BCUT2D eigenvalue weighted by atomic mass is 19.1. The summed E-state index contributed by atoms with van der Waals surface area (Å²) >= 11 is 0. The van der Waals surface area contributed by atoms with Gasteiger partial charge >= 0.3 is 0 Å². The van der Waals surface area contributed by atoms with Gasteiger partial charge in [0.25, 0.3) is 0 Å². The molecule has 100 valence electrons. The third kappa shape index (κ3) is 3.02. The minimum atomic E-state index is -0.165. The highest BCUT2D eigenvalue weighted by molar-refractivity contribution is 5.69. The van der Waals surface area contributed by atoms with Crippen LogP contribution in [0, 0.1) is 12.7 Å². The largest absolute Gasteiger partial charge is 0.310 e. The van der Waals surface area contributed by atoms with Gasteiger partial charge in [-0.05, 0) is 43.7 Å². The van der Waals surface area contributed by atoms with Crippen molar-refractivity contribution in [2.24, 2.45) is 0 Å². The normalized spacial score (nSPS) is 12.4. The van der Waals surface area contributed by atoms with Gasteiger partial charge in [0.05, 0.1) is 0 Å². The lowest BCUT2D eigenvalue weighted by Crippen LogP contribution is -2.18. The second kappa shape index (κ2) is 5.98. The summed E-state index contributed by atoms with van der Waals surface area (Å²) in [6.45, 7) is 7.06. The van der Waals surface area contributed by atoms with Crippen LogP contribution in [-0.2, 0) is 0 Å². The third-order valence-electron chi connectivity index (χ3n) is 3.35. The van der Waals surface area contributed by atoms with E-state index in [2.05, 4.69) is 25.2 Å². The van der Waals surface area contributed by atoms with Crippen LogP contribution < -0.4 is 5.32 Å². The SMILES string of the molecule is CCNC(C)c1ccccc1-c1cc(C)ccc1F. The highest BCUT2D eigenvalue weighted by Crippen LogP contribution is 2.30. The maximum Gasteiger partial charge on any atom is 0.131 e. The summed E-state index contributed by atoms with van der Waals surface area (Å²) in [5.41, 5.74) is 3.86. The fraction of sp³-hybridized carbons (Fsp3) is 0.294. The molecule has 19 heavy (non-hydrogen) atoms. The Morgan fingerprint density at radius 3 is 2.58 bits per heavy atom. The maximum absolute atomic E-state index is 14.1. The van der Waals surface area contributed by atoms with Crippen LogP contribution in [0.2, 0.25) is 0 Å². The molecule has 0 aliphatic heterocycles. The topological polar surface area (TPSA) is 12.0 Å². The Hall–Kier alpha value is -1.67. The molecule has 1 atom stereocenters. The molecular weight excluding hydrogens is 237 g/mol. The van der Waals surface area contributed by atoms with Gasteiger partial charge in [-0.15, -0.1) is 0 Å². The predicted molar refractivity (Wildman–Crippen MR) is 78.7 cm³/mol. The van der Waals surface area contributed by atoms with E-state index in [1.54, 1.807) is 12.1 Å². The summed E-state index contributed by atoms with van der Waals surface area (Å²) in [4.78, 5) is 0. The van der Waals surface area contributed by atoms with Gasteiger partial charge in [0.15, 0.2) is 0 Å². The lowest BCUT2D eigenvalue weighted by molar-refractivity contribution is 0.597. The Kier molecular flexibility index (Phi) is 4.33. The molecular formula is C17H20FN. The van der Waals surface area contributed by atoms with E-state index in [1.165, 1.54) is 0 Å². The van der Waals surface area contributed by atoms with E-state index in [-0.39, 0.29) is 11.9 Å². The van der Waals surface area contributed by atoms with E-state index in [4.69, 9.17) is 0 Å². The van der Waals surface area contributed by atoms with Gasteiger partial charge in [-0.3, -0.25) is 0 Å². The first-order chi connectivity index (χ1) is 9.13. The molecule has 2 aromatic rings. The smallest absolute Gasteiger partial charge is 0.131 e. The van der Waals surface area contributed by atoms with Crippen LogP contribution in [0.5, 0.6) is 0 Å². The van der Waals surface area contributed by atoms with Crippen molar-refractivity contribution in [3.63, 3.8) is 0 Å². The van der Waals surface area contributed by atoms with Gasteiger partial charge in [-0.1, -0.05) is 42.8 Å². The number of aryl methyl sites for hydroxylation is 1. The molecule has 0 saturated carbocycles. The van der Waals surface area contributed by atoms with Gasteiger partial charge in [0, 0.05) is 11.6 Å². The molecule has 1 nitrogen and oxygen atoms in total. The fourth-order valence-corrected chi connectivity index (χ4v) is 2.38. The quantitative estimate of drug-likeness (QED) is 0.852. The zero-order chi connectivity index (χ0) is 13.8. The summed E-state index contributed by atoms with van der Waals surface area (Å²) in [6.07, 6.45) is 0. The summed E-state index contributed by atoms with van der Waals surface area (Å²) in [7, 11) is 0. The summed E-state index contributed by atoms with van der Waals surface area (Å²) in [6, 6.07) is 13.5. The third-order valence-corrected chi connectivity index (χ3v) is 3.35. The first kappa shape index (κ1) is 13.8. The molecule has 0 radical (unpaired) electrons. The van der Waals surface area contributed by atoms with Crippen molar-refractivity contribution >= 4 is 0 Å². The van der Waals surface area contributed by atoms with Gasteiger partial charge in [-0.2, -0.15) is 0 Å². The molecule has 0 aromatic heterocycles. The van der Waals surface area contributed by atoms with Gasteiger partial charge in [0.2, 0.25) is 0 Å². The zero-order valence-corrected chi connectivity index (χ0v) is 11.7. The number of rotatable bonds is 4. The molecule has 0 fully saturated rings. The second-order valence-corrected chi connectivity index (χ2v) is 4.85. The van der Waals surface area contributed by atoms with Gasteiger partial charge in [0.1, 0.15) is 5.82 Å². The van der Waals surface area contributed by atoms with Crippen LogP contribution >= 0.6 is 0 Å². The molecule has 2 aromatic carbocycles. The fourth-order valence-electron chi connectivity index (χ4n) is 2.38. The minimum Gasteiger partial charge on any atom is -0.310 e. The number of halogens is 1. The van der Waals surface area contributed by atoms with Gasteiger partial charge < -0.3 is 5.32 Å². The lowest BCUT2D eigenvalue weighted by atomic mass is 9.94. The van der Waals surface area contributed by atoms with E-state index in [1.807, 2.05) is 31.2 Å². The molecule has 0 amide bonds. The van der Waals surface area contributed by atoms with E-state index < -0.39 is 0 Å². The molecule has 0 aliphatic carbocycles. The van der Waals surface area contributed by atoms with Crippen LogP contribution in [0.3, 0.4) is 0 Å². The molecule has 2 rings (SSSR count). The molecule has 1 unspecified atom stereocenters. The Bertz CT molecular complexity index is 563. The van der Waals surface area contributed by atoms with Crippen molar-refractivity contribution in [1.82, 2.24) is 5.32 Å². The Labute approximate surface area is 114 Å². The standard InChI is InChI=1S/C17H20FN/c1-4-19-13(3)14-7-5-6-8-15(14)16-11-12(2)9-10-17(16)18/h5-11,13,19H,4H2,1-3H3. The number of nitrogens with one attached hydrogen (secondary N) is 1. The average molecular weight is 257 g/mol. The number of hydrogen-bond acceptors (Lipinski definition) is 1. The monoisotopic (exact) mass is 257 g/mol.